The van der Waals surface area contributed by atoms with Gasteiger partial charge in [-0.25, -0.2) is 13.1 Å². The number of H-pyrrole nitrogens is 1. The average molecular weight is 372 g/mol. The van der Waals surface area contributed by atoms with Gasteiger partial charge in [0.25, 0.3) is 0 Å². The molecule has 0 unspecified atom stereocenters. The Labute approximate surface area is 150 Å². The molecule has 7 heteroatoms. The Morgan fingerprint density at radius 1 is 1.29 bits per heavy atom. The second-order valence-corrected chi connectivity index (χ2v) is 8.45. The number of hydrogen-bond acceptors (Lipinski definition) is 3. The summed E-state index contributed by atoms with van der Waals surface area (Å²) >= 11 is 0. The van der Waals surface area contributed by atoms with Gasteiger partial charge in [-0.1, -0.05) is 6.07 Å². The van der Waals surface area contributed by atoms with Gasteiger partial charge in [0, 0.05) is 23.6 Å². The first-order valence-corrected chi connectivity index (χ1v) is 10.0. The van der Waals surface area contributed by atoms with Crippen molar-refractivity contribution in [2.45, 2.75) is 25.2 Å². The summed E-state index contributed by atoms with van der Waals surface area (Å²) in [6, 6.07) is 6.38. The third-order valence-corrected chi connectivity index (χ3v) is 5.44. The highest BCUT2D eigenvalue weighted by atomic mass is 35.5. The molecule has 1 saturated heterocycles. The van der Waals surface area contributed by atoms with Gasteiger partial charge in [0.1, 0.15) is 0 Å². The highest BCUT2D eigenvalue weighted by Crippen LogP contribution is 2.33. The van der Waals surface area contributed by atoms with Crippen molar-refractivity contribution in [1.29, 1.82) is 0 Å². The van der Waals surface area contributed by atoms with Crippen LogP contribution in [0.25, 0.3) is 10.9 Å². The van der Waals surface area contributed by atoms with E-state index in [1.54, 1.807) is 0 Å². The number of benzene rings is 1. The Balaban J connectivity index is 0.00000208. The predicted molar refractivity (Wildman–Crippen MR) is 102 cm³/mol. The van der Waals surface area contributed by atoms with Crippen LogP contribution in [-0.4, -0.2) is 51.2 Å². The summed E-state index contributed by atoms with van der Waals surface area (Å²) in [7, 11) is -0.938. The molecule has 24 heavy (non-hydrogen) atoms. The fourth-order valence-corrected chi connectivity index (χ4v) is 3.86. The molecule has 0 amide bonds. The number of piperidine rings is 1. The quantitative estimate of drug-likeness (QED) is 0.848. The minimum Gasteiger partial charge on any atom is -0.361 e. The molecule has 5 nitrogen and oxygen atoms in total. The first-order valence-electron chi connectivity index (χ1n) is 8.15. The van der Waals surface area contributed by atoms with Crippen molar-refractivity contribution in [3.63, 3.8) is 0 Å². The predicted octanol–water partition coefficient (Wildman–Crippen LogP) is 2.49. The van der Waals surface area contributed by atoms with Gasteiger partial charge in [0.15, 0.2) is 0 Å². The van der Waals surface area contributed by atoms with E-state index < -0.39 is 10.0 Å². The van der Waals surface area contributed by atoms with Crippen LogP contribution in [0.5, 0.6) is 0 Å². The lowest BCUT2D eigenvalue weighted by Crippen LogP contribution is -2.29. The monoisotopic (exact) mass is 371 g/mol. The zero-order valence-electron chi connectivity index (χ0n) is 14.2. The maximum absolute atomic E-state index is 11.2. The van der Waals surface area contributed by atoms with Crippen molar-refractivity contribution in [2.24, 2.45) is 0 Å². The fourth-order valence-electron chi connectivity index (χ4n) is 3.38. The normalized spacial score (nSPS) is 17.1. The number of aromatic nitrogens is 1. The molecule has 1 fully saturated rings. The van der Waals surface area contributed by atoms with E-state index in [9.17, 15) is 8.42 Å². The van der Waals surface area contributed by atoms with Gasteiger partial charge in [-0.2, -0.15) is 0 Å². The van der Waals surface area contributed by atoms with Crippen LogP contribution >= 0.6 is 12.4 Å². The summed E-state index contributed by atoms with van der Waals surface area (Å²) in [5.41, 5.74) is 3.74. The smallest absolute Gasteiger partial charge is 0.208 e. The third kappa shape index (κ3) is 4.72. The van der Waals surface area contributed by atoms with E-state index in [0.717, 1.165) is 13.1 Å². The molecule has 0 aliphatic carbocycles. The zero-order chi connectivity index (χ0) is 16.4. The second kappa shape index (κ2) is 7.87. The number of likely N-dealkylation sites (tertiary alicyclic amines) is 1. The van der Waals surface area contributed by atoms with Crippen molar-refractivity contribution < 1.29 is 8.42 Å². The highest BCUT2D eigenvalue weighted by molar-refractivity contribution is 7.88. The molecule has 2 heterocycles. The van der Waals surface area contributed by atoms with Crippen molar-refractivity contribution in [3.05, 3.63) is 35.5 Å². The van der Waals surface area contributed by atoms with E-state index in [1.807, 2.05) is 0 Å². The minimum atomic E-state index is -3.12. The van der Waals surface area contributed by atoms with Crippen LogP contribution < -0.4 is 4.72 Å². The number of fused-ring (bicyclic) bond motifs is 1. The Morgan fingerprint density at radius 2 is 2.00 bits per heavy atom. The lowest BCUT2D eigenvalue weighted by atomic mass is 9.89. The van der Waals surface area contributed by atoms with Crippen molar-refractivity contribution in [3.8, 4) is 0 Å². The molecular weight excluding hydrogens is 346 g/mol. The molecule has 0 saturated carbocycles. The summed E-state index contributed by atoms with van der Waals surface area (Å²) in [6.45, 7) is 2.74. The maximum Gasteiger partial charge on any atom is 0.208 e. The Hall–Kier alpha value is -1.08. The zero-order valence-corrected chi connectivity index (χ0v) is 15.8. The number of halogens is 1. The van der Waals surface area contributed by atoms with Gasteiger partial charge in [0.2, 0.25) is 10.0 Å². The first kappa shape index (κ1) is 19.2. The summed E-state index contributed by atoms with van der Waals surface area (Å²) in [4.78, 5) is 5.76. The number of nitrogens with zero attached hydrogens (tertiary/aromatic N) is 1. The topological polar surface area (TPSA) is 65.2 Å². The van der Waals surface area contributed by atoms with Gasteiger partial charge in [-0.3, -0.25) is 0 Å². The van der Waals surface area contributed by atoms with E-state index >= 15 is 0 Å². The molecule has 134 valence electrons. The van der Waals surface area contributed by atoms with Gasteiger partial charge >= 0.3 is 0 Å². The lowest BCUT2D eigenvalue weighted by molar-refractivity contribution is 0.256. The minimum absolute atomic E-state index is 0. The summed E-state index contributed by atoms with van der Waals surface area (Å²) in [5.74, 6) is 0.615. The van der Waals surface area contributed by atoms with Gasteiger partial charge in [0.05, 0.1) is 6.26 Å². The molecule has 1 aromatic heterocycles. The van der Waals surface area contributed by atoms with E-state index in [2.05, 4.69) is 46.0 Å². The van der Waals surface area contributed by atoms with Crippen LogP contribution in [0.4, 0.5) is 0 Å². The van der Waals surface area contributed by atoms with Crippen LogP contribution in [0.15, 0.2) is 24.4 Å². The molecule has 2 N–H and O–H groups in total. The Morgan fingerprint density at radius 3 is 2.67 bits per heavy atom. The fraction of sp³-hybridized carbons (Fsp3) is 0.529. The molecule has 2 aromatic rings. The molecule has 3 rings (SSSR count). The summed E-state index contributed by atoms with van der Waals surface area (Å²) in [5, 5.41) is 1.29. The molecule has 0 radical (unpaired) electrons. The lowest BCUT2D eigenvalue weighted by Gasteiger charge is -2.28. The van der Waals surface area contributed by atoms with Gasteiger partial charge in [-0.15, -0.1) is 12.4 Å². The third-order valence-electron chi connectivity index (χ3n) is 4.71. The highest BCUT2D eigenvalue weighted by Gasteiger charge is 2.21. The molecule has 1 aromatic carbocycles. The Kier molecular flexibility index (Phi) is 6.31. The molecular formula is C17H26ClN3O2S. The molecule has 0 spiro atoms. The van der Waals surface area contributed by atoms with Crippen LogP contribution in [0.2, 0.25) is 0 Å². The largest absolute Gasteiger partial charge is 0.361 e. The van der Waals surface area contributed by atoms with E-state index in [4.69, 9.17) is 0 Å². The molecule has 1 aliphatic rings. The number of sulfonamides is 1. The van der Waals surface area contributed by atoms with Crippen LogP contribution in [0.1, 0.15) is 29.9 Å². The van der Waals surface area contributed by atoms with Crippen LogP contribution in [-0.2, 0) is 16.4 Å². The number of hydrogen-bond donors (Lipinski definition) is 2. The molecule has 1 aliphatic heterocycles. The van der Waals surface area contributed by atoms with E-state index in [0.29, 0.717) is 18.9 Å². The van der Waals surface area contributed by atoms with E-state index in [-0.39, 0.29) is 12.4 Å². The van der Waals surface area contributed by atoms with Crippen molar-refractivity contribution >= 4 is 33.3 Å². The number of nitrogens with one attached hydrogen (secondary N) is 2. The SMILES string of the molecule is CN1CCC(c2c[nH]c3ccc(CCNS(C)(=O)=O)cc23)CC1.Cl. The Bertz CT molecular complexity index is 780. The molecule has 0 bridgehead atoms. The van der Waals surface area contributed by atoms with Crippen LogP contribution in [0, 0.1) is 0 Å². The van der Waals surface area contributed by atoms with Crippen molar-refractivity contribution in [1.82, 2.24) is 14.6 Å². The second-order valence-electron chi connectivity index (χ2n) is 6.62. The number of aromatic amines is 1. The van der Waals surface area contributed by atoms with E-state index in [1.165, 1.54) is 41.1 Å². The van der Waals surface area contributed by atoms with Crippen LogP contribution in [0.3, 0.4) is 0 Å². The summed E-state index contributed by atoms with van der Waals surface area (Å²) in [6.07, 6.45) is 6.45. The molecule has 0 atom stereocenters. The van der Waals surface area contributed by atoms with Gasteiger partial charge in [-0.05, 0) is 68.6 Å². The first-order chi connectivity index (χ1) is 10.9. The maximum atomic E-state index is 11.2. The standard InChI is InChI=1S/C17H25N3O2S.ClH/c1-20-9-6-14(7-10-20)16-12-18-17-4-3-13(11-15(16)17)5-8-19-23(2,21)22;/h3-4,11-12,14,18-19H,5-10H2,1-2H3;1H. The number of rotatable bonds is 5. The summed E-state index contributed by atoms with van der Waals surface area (Å²) < 4.78 is 24.9. The van der Waals surface area contributed by atoms with Crippen molar-refractivity contribution in [2.75, 3.05) is 32.9 Å². The van der Waals surface area contributed by atoms with Gasteiger partial charge < -0.3 is 9.88 Å². The average Bonchev–Trinajstić information content (AvgIpc) is 2.90.